The van der Waals surface area contributed by atoms with E-state index >= 15 is 0 Å². The average Bonchev–Trinajstić information content (AvgIpc) is 2.97. The van der Waals surface area contributed by atoms with Gasteiger partial charge in [0.2, 0.25) is 11.7 Å². The van der Waals surface area contributed by atoms with Crippen LogP contribution in [-0.2, 0) is 16.8 Å². The minimum Gasteiger partial charge on any atom is -0.475 e. The lowest BCUT2D eigenvalue weighted by Gasteiger charge is -2.22. The Kier molecular flexibility index (Phi) is 3.67. The van der Waals surface area contributed by atoms with Crippen LogP contribution in [-0.4, -0.2) is 17.0 Å². The van der Waals surface area contributed by atoms with Gasteiger partial charge in [-0.3, -0.25) is 4.79 Å². The van der Waals surface area contributed by atoms with Gasteiger partial charge in [0.1, 0.15) is 5.76 Å². The molecule has 1 heterocycles. The van der Waals surface area contributed by atoms with Crippen LogP contribution in [0.2, 0.25) is 0 Å². The third-order valence-corrected chi connectivity index (χ3v) is 5.89. The van der Waals surface area contributed by atoms with Crippen molar-refractivity contribution < 1.29 is 19.1 Å². The highest BCUT2D eigenvalue weighted by atomic mass is 16.4. The number of carbonyl (C=O) groups excluding carboxylic acids is 1. The van der Waals surface area contributed by atoms with E-state index in [1.165, 1.54) is 18.9 Å². The normalized spacial score (nSPS) is 23.5. The fourth-order valence-corrected chi connectivity index (χ4v) is 4.61. The van der Waals surface area contributed by atoms with Crippen LogP contribution in [0.15, 0.2) is 46.9 Å². The van der Waals surface area contributed by atoms with Crippen LogP contribution in [0.25, 0.3) is 0 Å². The Morgan fingerprint density at radius 3 is 2.44 bits per heavy atom. The average molecular weight is 339 g/mol. The number of amides is 1. The standard InChI is InChI=1S/C20H21NO4/c22-17(23)16-9-8-15(25-16)12-21-18(24)20(14-6-2-1-3-7-14)13-19(20)10-4-5-11-19/h1-3,6-9H,4-5,10-13H2,(H,21,24)(H,22,23)/t20-/m1/s1. The van der Waals surface area contributed by atoms with Crippen molar-refractivity contribution in [3.63, 3.8) is 0 Å². The number of aromatic carboxylic acids is 1. The molecule has 0 saturated heterocycles. The lowest BCUT2D eigenvalue weighted by molar-refractivity contribution is -0.124. The molecule has 0 aliphatic heterocycles. The van der Waals surface area contributed by atoms with E-state index in [1.807, 2.05) is 30.3 Å². The first-order chi connectivity index (χ1) is 12.1. The first-order valence-electron chi connectivity index (χ1n) is 8.73. The lowest BCUT2D eigenvalue weighted by atomic mass is 9.84. The topological polar surface area (TPSA) is 79.5 Å². The highest BCUT2D eigenvalue weighted by molar-refractivity contribution is 5.93. The van der Waals surface area contributed by atoms with E-state index in [0.717, 1.165) is 24.8 Å². The van der Waals surface area contributed by atoms with Gasteiger partial charge in [-0.2, -0.15) is 0 Å². The fraction of sp³-hybridized carbons (Fsp3) is 0.400. The number of benzene rings is 1. The highest BCUT2D eigenvalue weighted by Gasteiger charge is 2.72. The van der Waals surface area contributed by atoms with Gasteiger partial charge in [-0.1, -0.05) is 43.2 Å². The van der Waals surface area contributed by atoms with E-state index in [1.54, 1.807) is 6.07 Å². The van der Waals surface area contributed by atoms with Gasteiger partial charge in [-0.05, 0) is 42.4 Å². The third-order valence-electron chi connectivity index (χ3n) is 5.89. The van der Waals surface area contributed by atoms with Crippen LogP contribution in [0.1, 0.15) is 54.0 Å². The quantitative estimate of drug-likeness (QED) is 0.874. The third kappa shape index (κ3) is 2.46. The van der Waals surface area contributed by atoms with Crippen molar-refractivity contribution >= 4 is 11.9 Å². The van der Waals surface area contributed by atoms with Crippen LogP contribution in [0.5, 0.6) is 0 Å². The Hall–Kier alpha value is -2.56. The summed E-state index contributed by atoms with van der Waals surface area (Å²) < 4.78 is 5.24. The Morgan fingerprint density at radius 1 is 1.08 bits per heavy atom. The van der Waals surface area contributed by atoms with Gasteiger partial charge in [0.25, 0.3) is 0 Å². The number of rotatable bonds is 5. The van der Waals surface area contributed by atoms with Crippen molar-refractivity contribution in [1.29, 1.82) is 0 Å². The number of hydrogen-bond donors (Lipinski definition) is 2. The molecule has 2 N–H and O–H groups in total. The monoisotopic (exact) mass is 339 g/mol. The maximum absolute atomic E-state index is 13.1. The van der Waals surface area contributed by atoms with Gasteiger partial charge < -0.3 is 14.8 Å². The van der Waals surface area contributed by atoms with E-state index in [4.69, 9.17) is 9.52 Å². The van der Waals surface area contributed by atoms with Crippen molar-refractivity contribution in [2.45, 2.75) is 44.1 Å². The van der Waals surface area contributed by atoms with Gasteiger partial charge in [-0.25, -0.2) is 4.79 Å². The van der Waals surface area contributed by atoms with Crippen molar-refractivity contribution in [1.82, 2.24) is 5.32 Å². The molecule has 0 bridgehead atoms. The van der Waals surface area contributed by atoms with E-state index in [0.29, 0.717) is 5.76 Å². The van der Waals surface area contributed by atoms with E-state index < -0.39 is 11.4 Å². The molecule has 1 spiro atoms. The molecule has 1 aromatic carbocycles. The maximum atomic E-state index is 13.1. The predicted octanol–water partition coefficient (Wildman–Crippen LogP) is 3.50. The summed E-state index contributed by atoms with van der Waals surface area (Å²) >= 11 is 0. The highest BCUT2D eigenvalue weighted by Crippen LogP contribution is 2.72. The molecule has 1 aromatic heterocycles. The molecule has 5 nitrogen and oxygen atoms in total. The van der Waals surface area contributed by atoms with E-state index in [-0.39, 0.29) is 23.6 Å². The molecule has 130 valence electrons. The number of carbonyl (C=O) groups is 2. The van der Waals surface area contributed by atoms with Crippen molar-refractivity contribution in [3.05, 3.63) is 59.5 Å². The SMILES string of the molecule is O=C(O)c1ccc(CNC(=O)[C@]2(c3ccccc3)CC23CCCC3)o1. The predicted molar refractivity (Wildman–Crippen MR) is 91.2 cm³/mol. The van der Waals surface area contributed by atoms with Crippen LogP contribution < -0.4 is 5.32 Å². The molecule has 0 radical (unpaired) electrons. The van der Waals surface area contributed by atoms with Crippen LogP contribution in [0, 0.1) is 5.41 Å². The van der Waals surface area contributed by atoms with Gasteiger partial charge >= 0.3 is 5.97 Å². The number of carboxylic acids is 1. The number of furan rings is 1. The summed E-state index contributed by atoms with van der Waals surface area (Å²) in [6.07, 6.45) is 5.46. The molecule has 2 aromatic rings. The first-order valence-corrected chi connectivity index (χ1v) is 8.73. The minimum absolute atomic E-state index is 0.0221. The largest absolute Gasteiger partial charge is 0.475 e. The molecule has 4 rings (SSSR count). The van der Waals surface area contributed by atoms with Gasteiger partial charge in [0, 0.05) is 0 Å². The summed E-state index contributed by atoms with van der Waals surface area (Å²) in [6, 6.07) is 13.0. The fourth-order valence-electron chi connectivity index (χ4n) is 4.61. The second-order valence-electron chi connectivity index (χ2n) is 7.19. The Labute approximate surface area is 146 Å². The second-order valence-corrected chi connectivity index (χ2v) is 7.19. The van der Waals surface area contributed by atoms with Gasteiger partial charge in [0.15, 0.2) is 0 Å². The summed E-state index contributed by atoms with van der Waals surface area (Å²) in [5.41, 5.74) is 0.723. The molecule has 2 saturated carbocycles. The molecule has 2 aliphatic rings. The number of nitrogens with one attached hydrogen (secondary N) is 1. The Balaban J connectivity index is 1.54. The summed E-state index contributed by atoms with van der Waals surface area (Å²) in [5.74, 6) is -0.741. The molecule has 1 amide bonds. The second kappa shape index (κ2) is 5.76. The number of carboxylic acid groups (broad SMARTS) is 1. The van der Waals surface area contributed by atoms with Crippen LogP contribution >= 0.6 is 0 Å². The molecule has 25 heavy (non-hydrogen) atoms. The zero-order valence-electron chi connectivity index (χ0n) is 14.0. The first kappa shape index (κ1) is 15.9. The van der Waals surface area contributed by atoms with Gasteiger partial charge in [0.05, 0.1) is 12.0 Å². The van der Waals surface area contributed by atoms with E-state index in [2.05, 4.69) is 5.32 Å². The number of hydrogen-bond acceptors (Lipinski definition) is 3. The van der Waals surface area contributed by atoms with Gasteiger partial charge in [-0.15, -0.1) is 0 Å². The smallest absolute Gasteiger partial charge is 0.371 e. The zero-order chi connectivity index (χ0) is 17.5. The summed E-state index contributed by atoms with van der Waals surface area (Å²) in [6.45, 7) is 0.205. The van der Waals surface area contributed by atoms with Crippen LogP contribution in [0.3, 0.4) is 0 Å². The summed E-state index contributed by atoms with van der Waals surface area (Å²) in [7, 11) is 0. The Morgan fingerprint density at radius 2 is 1.80 bits per heavy atom. The molecule has 0 unspecified atom stereocenters. The molecule has 5 heteroatoms. The molecule has 1 atom stereocenters. The maximum Gasteiger partial charge on any atom is 0.371 e. The lowest BCUT2D eigenvalue weighted by Crippen LogP contribution is -2.38. The van der Waals surface area contributed by atoms with Crippen molar-refractivity contribution in [3.8, 4) is 0 Å². The minimum atomic E-state index is -1.11. The zero-order valence-corrected chi connectivity index (χ0v) is 14.0. The molecule has 2 aliphatic carbocycles. The molecular formula is C20H21NO4. The van der Waals surface area contributed by atoms with E-state index in [9.17, 15) is 9.59 Å². The summed E-state index contributed by atoms with van der Waals surface area (Å²) in [4.78, 5) is 24.0. The van der Waals surface area contributed by atoms with Crippen molar-refractivity contribution in [2.24, 2.45) is 5.41 Å². The summed E-state index contributed by atoms with van der Waals surface area (Å²) in [5, 5.41) is 11.9. The molecular weight excluding hydrogens is 318 g/mol. The molecule has 2 fully saturated rings. The Bertz CT molecular complexity index is 804. The van der Waals surface area contributed by atoms with Crippen LogP contribution in [0.4, 0.5) is 0 Å². The van der Waals surface area contributed by atoms with Crippen molar-refractivity contribution in [2.75, 3.05) is 0 Å².